The Balaban J connectivity index is 3.82. The monoisotopic (exact) mass is 606 g/mol. The van der Waals surface area contributed by atoms with Gasteiger partial charge in [0, 0.05) is 0 Å². The number of aliphatic hydroxyl groups excluding tert-OH is 3. The number of nitrogens with one attached hydrogen (secondary N) is 1. The van der Waals surface area contributed by atoms with Crippen LogP contribution in [-0.2, 0) is 4.79 Å². The molecule has 0 aliphatic carbocycles. The smallest absolute Gasteiger partial charge is 0.249 e. The molecule has 0 saturated carbocycles. The molecule has 252 valence electrons. The van der Waals surface area contributed by atoms with Gasteiger partial charge in [-0.3, -0.25) is 4.79 Å². The zero-order valence-corrected chi connectivity index (χ0v) is 28.3. The van der Waals surface area contributed by atoms with Gasteiger partial charge in [0.05, 0.1) is 18.8 Å². The molecule has 0 fully saturated rings. The first-order valence-electron chi connectivity index (χ1n) is 18.3. The van der Waals surface area contributed by atoms with Gasteiger partial charge in [0.2, 0.25) is 5.91 Å². The first-order chi connectivity index (χ1) is 21.1. The Morgan fingerprint density at radius 3 is 1.42 bits per heavy atom. The Kier molecular flexibility index (Phi) is 32.3. The zero-order valence-electron chi connectivity index (χ0n) is 28.3. The number of hydrogen-bond acceptors (Lipinski definition) is 4. The van der Waals surface area contributed by atoms with E-state index < -0.39 is 24.2 Å². The van der Waals surface area contributed by atoms with E-state index in [2.05, 4.69) is 43.5 Å². The summed E-state index contributed by atoms with van der Waals surface area (Å²) in [5, 5.41) is 32.8. The molecular formula is C38H71NO4. The molecule has 5 heteroatoms. The molecule has 0 radical (unpaired) electrons. The first kappa shape index (κ1) is 41.6. The second kappa shape index (κ2) is 33.5. The maximum absolute atomic E-state index is 12.3. The van der Waals surface area contributed by atoms with Gasteiger partial charge in [-0.25, -0.2) is 0 Å². The van der Waals surface area contributed by atoms with E-state index in [1.54, 1.807) is 6.08 Å². The molecule has 1 amide bonds. The highest BCUT2D eigenvalue weighted by atomic mass is 16.3. The van der Waals surface area contributed by atoms with E-state index in [1.165, 1.54) is 109 Å². The Bertz CT molecular complexity index is 675. The maximum atomic E-state index is 12.3. The number of unbranched alkanes of at least 4 members (excludes halogenated alkanes) is 20. The van der Waals surface area contributed by atoms with Crippen molar-refractivity contribution in [2.45, 2.75) is 193 Å². The molecule has 0 aromatic carbocycles. The van der Waals surface area contributed by atoms with Gasteiger partial charge < -0.3 is 20.6 Å². The molecule has 0 aromatic heterocycles. The third-order valence-electron chi connectivity index (χ3n) is 8.21. The fraction of sp³-hybridized carbons (Fsp3) is 0.816. The molecule has 0 aliphatic heterocycles. The second-order valence-electron chi connectivity index (χ2n) is 12.4. The minimum atomic E-state index is -1.10. The average molecular weight is 606 g/mol. The van der Waals surface area contributed by atoms with Gasteiger partial charge in [0.25, 0.3) is 0 Å². The van der Waals surface area contributed by atoms with Crippen LogP contribution in [0.5, 0.6) is 0 Å². The lowest BCUT2D eigenvalue weighted by molar-refractivity contribution is -0.131. The summed E-state index contributed by atoms with van der Waals surface area (Å²) < 4.78 is 0. The van der Waals surface area contributed by atoms with Crippen molar-refractivity contribution in [3.63, 3.8) is 0 Å². The molecule has 3 atom stereocenters. The number of allylic oxidation sites excluding steroid dienone is 5. The quantitative estimate of drug-likeness (QED) is 0.0454. The summed E-state index contributed by atoms with van der Waals surface area (Å²) in [7, 11) is 0. The summed E-state index contributed by atoms with van der Waals surface area (Å²) >= 11 is 0. The highest BCUT2D eigenvalue weighted by Crippen LogP contribution is 2.13. The zero-order chi connectivity index (χ0) is 31.6. The third-order valence-corrected chi connectivity index (χ3v) is 8.21. The maximum Gasteiger partial charge on any atom is 0.249 e. The van der Waals surface area contributed by atoms with Crippen LogP contribution in [0.4, 0.5) is 0 Å². The average Bonchev–Trinajstić information content (AvgIpc) is 3.01. The lowest BCUT2D eigenvalue weighted by atomic mass is 10.0. The summed E-state index contributed by atoms with van der Waals surface area (Å²) in [6, 6.07) is -0.816. The molecule has 5 nitrogen and oxygen atoms in total. The van der Waals surface area contributed by atoms with Gasteiger partial charge in [-0.2, -0.15) is 0 Å². The SMILES string of the molecule is CCCCCCCCCCC/C=C/CC/C=C/CC/C=C/C(O)C(CO)NC(=O)C(O)CCCCCCCCCCCC. The molecule has 0 rings (SSSR count). The van der Waals surface area contributed by atoms with Crippen molar-refractivity contribution in [1.82, 2.24) is 5.32 Å². The van der Waals surface area contributed by atoms with Gasteiger partial charge in [0.15, 0.2) is 0 Å². The minimum absolute atomic E-state index is 0.380. The van der Waals surface area contributed by atoms with Crippen LogP contribution in [-0.4, -0.2) is 46.1 Å². The van der Waals surface area contributed by atoms with Crippen molar-refractivity contribution in [1.29, 1.82) is 0 Å². The van der Waals surface area contributed by atoms with Crippen molar-refractivity contribution in [2.75, 3.05) is 6.61 Å². The third kappa shape index (κ3) is 29.1. The molecule has 4 N–H and O–H groups in total. The van der Waals surface area contributed by atoms with Gasteiger partial charge in [-0.1, -0.05) is 166 Å². The Hall–Kier alpha value is -1.43. The topological polar surface area (TPSA) is 89.8 Å². The molecular weight excluding hydrogens is 534 g/mol. The number of carbonyl (C=O) groups is 1. The van der Waals surface area contributed by atoms with Crippen LogP contribution in [0, 0.1) is 0 Å². The number of carbonyl (C=O) groups excluding carboxylic acids is 1. The van der Waals surface area contributed by atoms with Crippen molar-refractivity contribution in [2.24, 2.45) is 0 Å². The van der Waals surface area contributed by atoms with Crippen LogP contribution in [0.25, 0.3) is 0 Å². The van der Waals surface area contributed by atoms with E-state index in [1.807, 2.05) is 6.08 Å². The van der Waals surface area contributed by atoms with E-state index in [0.717, 1.165) is 44.9 Å². The second-order valence-corrected chi connectivity index (χ2v) is 12.4. The van der Waals surface area contributed by atoms with E-state index in [9.17, 15) is 20.1 Å². The fourth-order valence-corrected chi connectivity index (χ4v) is 5.27. The highest BCUT2D eigenvalue weighted by Gasteiger charge is 2.22. The fourth-order valence-electron chi connectivity index (χ4n) is 5.27. The van der Waals surface area contributed by atoms with Crippen LogP contribution in [0.2, 0.25) is 0 Å². The predicted molar refractivity (Wildman–Crippen MR) is 185 cm³/mol. The normalized spacial score (nSPS) is 14.3. The molecule has 0 heterocycles. The molecule has 3 unspecified atom stereocenters. The molecule has 0 saturated heterocycles. The Morgan fingerprint density at radius 1 is 0.558 bits per heavy atom. The number of amides is 1. The lowest BCUT2D eigenvalue weighted by Crippen LogP contribution is -2.48. The minimum Gasteiger partial charge on any atom is -0.394 e. The summed E-state index contributed by atoms with van der Waals surface area (Å²) in [5.74, 6) is -0.521. The van der Waals surface area contributed by atoms with E-state index >= 15 is 0 Å². The summed E-state index contributed by atoms with van der Waals surface area (Å²) in [6.45, 7) is 4.12. The summed E-state index contributed by atoms with van der Waals surface area (Å²) in [4.78, 5) is 12.3. The van der Waals surface area contributed by atoms with Crippen LogP contribution in [0.1, 0.15) is 174 Å². The Labute approximate surface area is 266 Å². The van der Waals surface area contributed by atoms with Crippen molar-refractivity contribution in [3.8, 4) is 0 Å². The van der Waals surface area contributed by atoms with Crippen LogP contribution in [0.15, 0.2) is 36.5 Å². The van der Waals surface area contributed by atoms with Crippen molar-refractivity contribution >= 4 is 5.91 Å². The first-order valence-corrected chi connectivity index (χ1v) is 18.3. The van der Waals surface area contributed by atoms with Gasteiger partial charge in [0.1, 0.15) is 6.10 Å². The Morgan fingerprint density at radius 2 is 0.953 bits per heavy atom. The lowest BCUT2D eigenvalue weighted by Gasteiger charge is -2.21. The van der Waals surface area contributed by atoms with Crippen LogP contribution < -0.4 is 5.32 Å². The number of aliphatic hydroxyl groups is 3. The van der Waals surface area contributed by atoms with Gasteiger partial charge in [-0.15, -0.1) is 0 Å². The molecule has 0 aliphatic rings. The van der Waals surface area contributed by atoms with Crippen molar-refractivity contribution in [3.05, 3.63) is 36.5 Å². The van der Waals surface area contributed by atoms with E-state index in [0.29, 0.717) is 6.42 Å². The standard InChI is InChI=1S/C38H71NO4/c1-3-5-7-9-11-13-15-16-17-18-19-20-21-22-23-25-26-28-30-32-36(41)35(34-40)39-38(43)37(42)33-31-29-27-24-14-12-10-8-6-4-2/h19-20,23,25,30,32,35-37,40-42H,3-18,21-22,24,26-29,31,33-34H2,1-2H3,(H,39,43)/b20-19+,25-23+,32-30+. The molecule has 0 spiro atoms. The van der Waals surface area contributed by atoms with Gasteiger partial charge >= 0.3 is 0 Å². The van der Waals surface area contributed by atoms with Crippen LogP contribution in [0.3, 0.4) is 0 Å². The predicted octanol–water partition coefficient (Wildman–Crippen LogP) is 9.65. The summed E-state index contributed by atoms with van der Waals surface area (Å²) in [6.07, 6.45) is 40.2. The molecule has 0 aromatic rings. The van der Waals surface area contributed by atoms with E-state index in [4.69, 9.17) is 0 Å². The summed E-state index contributed by atoms with van der Waals surface area (Å²) in [5.41, 5.74) is 0. The molecule has 0 bridgehead atoms. The van der Waals surface area contributed by atoms with Crippen LogP contribution >= 0.6 is 0 Å². The highest BCUT2D eigenvalue weighted by molar-refractivity contribution is 5.80. The number of rotatable bonds is 32. The van der Waals surface area contributed by atoms with Gasteiger partial charge in [-0.05, 0) is 44.9 Å². The molecule has 43 heavy (non-hydrogen) atoms. The van der Waals surface area contributed by atoms with E-state index in [-0.39, 0.29) is 6.61 Å². The van der Waals surface area contributed by atoms with Crippen molar-refractivity contribution < 1.29 is 20.1 Å². The largest absolute Gasteiger partial charge is 0.394 e. The number of hydrogen-bond donors (Lipinski definition) is 4.